The van der Waals surface area contributed by atoms with Crippen LogP contribution in [-0.2, 0) is 0 Å². The third-order valence-corrected chi connectivity index (χ3v) is 3.79. The van der Waals surface area contributed by atoms with Crippen LogP contribution in [0.15, 0.2) is 0 Å². The lowest BCUT2D eigenvalue weighted by Crippen LogP contribution is -2.47. The fourth-order valence-electron chi connectivity index (χ4n) is 2.45. The molecule has 0 saturated carbocycles. The molecule has 0 spiro atoms. The molecule has 0 N–H and O–H groups in total. The van der Waals surface area contributed by atoms with Crippen molar-refractivity contribution in [1.82, 2.24) is 9.80 Å². The van der Waals surface area contributed by atoms with Gasteiger partial charge in [0, 0.05) is 26.2 Å². The van der Waals surface area contributed by atoms with Crippen LogP contribution in [0.2, 0.25) is 0 Å². The Kier molecular flexibility index (Phi) is 5.10. The summed E-state index contributed by atoms with van der Waals surface area (Å²) in [5.74, 6) is 1.56. The molecule has 0 unspecified atom stereocenters. The maximum absolute atomic E-state index is 12.1. The molecule has 1 saturated heterocycles. The number of hydrogen-bond donors (Lipinski definition) is 0. The van der Waals surface area contributed by atoms with Crippen LogP contribution in [0.3, 0.4) is 0 Å². The summed E-state index contributed by atoms with van der Waals surface area (Å²) in [6.45, 7) is 12.2. The van der Waals surface area contributed by atoms with Crippen LogP contribution in [0.4, 0.5) is 4.79 Å². The van der Waals surface area contributed by atoms with Crippen molar-refractivity contribution < 1.29 is 4.79 Å². The van der Waals surface area contributed by atoms with Crippen LogP contribution in [0.5, 0.6) is 0 Å². The van der Waals surface area contributed by atoms with Crippen molar-refractivity contribution in [3.63, 3.8) is 0 Å². The fourth-order valence-corrected chi connectivity index (χ4v) is 2.45. The predicted molar refractivity (Wildman–Crippen MR) is 67.5 cm³/mol. The highest BCUT2D eigenvalue weighted by molar-refractivity contribution is 5.74. The number of amides is 2. The number of hydrogen-bond acceptors (Lipinski definition) is 1. The summed E-state index contributed by atoms with van der Waals surface area (Å²) in [7, 11) is 0. The van der Waals surface area contributed by atoms with Crippen LogP contribution in [0.1, 0.15) is 40.5 Å². The molecule has 1 heterocycles. The van der Waals surface area contributed by atoms with E-state index in [2.05, 4.69) is 13.8 Å². The van der Waals surface area contributed by atoms with E-state index in [1.807, 2.05) is 23.6 Å². The van der Waals surface area contributed by atoms with Crippen LogP contribution in [0, 0.1) is 11.8 Å². The molecule has 3 nitrogen and oxygen atoms in total. The van der Waals surface area contributed by atoms with E-state index in [1.54, 1.807) is 0 Å². The number of carbonyl (C=O) groups excluding carboxylic acids is 1. The maximum Gasteiger partial charge on any atom is 0.319 e. The second kappa shape index (κ2) is 6.12. The second-order valence-corrected chi connectivity index (χ2v) is 5.02. The first-order valence-corrected chi connectivity index (χ1v) is 6.63. The van der Waals surface area contributed by atoms with Crippen LogP contribution < -0.4 is 0 Å². The summed E-state index contributed by atoms with van der Waals surface area (Å²) in [6, 6.07) is 0.229. The lowest BCUT2D eigenvalue weighted by molar-refractivity contribution is 0.127. The summed E-state index contributed by atoms with van der Waals surface area (Å²) in [4.78, 5) is 16.0. The predicted octanol–water partition coefficient (Wildman–Crippen LogP) is 2.82. The van der Waals surface area contributed by atoms with Gasteiger partial charge in [-0.3, -0.25) is 0 Å². The van der Waals surface area contributed by atoms with E-state index in [1.165, 1.54) is 12.8 Å². The van der Waals surface area contributed by atoms with E-state index >= 15 is 0 Å². The molecule has 0 atom stereocenters. The lowest BCUT2D eigenvalue weighted by atomic mass is 9.87. The maximum atomic E-state index is 12.1. The van der Waals surface area contributed by atoms with Crippen molar-refractivity contribution in [1.29, 1.82) is 0 Å². The minimum absolute atomic E-state index is 0.229. The van der Waals surface area contributed by atoms with Gasteiger partial charge in [0.05, 0.1) is 0 Å². The van der Waals surface area contributed by atoms with Gasteiger partial charge in [0.15, 0.2) is 0 Å². The molecule has 0 aliphatic carbocycles. The molecule has 0 aromatic heterocycles. The first-order valence-electron chi connectivity index (χ1n) is 6.63. The van der Waals surface area contributed by atoms with Crippen molar-refractivity contribution in [2.24, 2.45) is 11.8 Å². The van der Waals surface area contributed by atoms with Crippen molar-refractivity contribution in [2.75, 3.05) is 26.2 Å². The van der Waals surface area contributed by atoms with E-state index < -0.39 is 0 Å². The Labute approximate surface area is 99.8 Å². The summed E-state index contributed by atoms with van der Waals surface area (Å²) in [5.41, 5.74) is 0. The topological polar surface area (TPSA) is 23.6 Å². The molecule has 0 aromatic carbocycles. The zero-order valence-electron chi connectivity index (χ0n) is 11.2. The van der Waals surface area contributed by atoms with Crippen molar-refractivity contribution >= 4 is 6.03 Å². The molecule has 1 aliphatic heterocycles. The van der Waals surface area contributed by atoms with Crippen molar-refractivity contribution in [3.8, 4) is 0 Å². The fraction of sp³-hybridized carbons (Fsp3) is 0.923. The van der Waals surface area contributed by atoms with Gasteiger partial charge in [-0.1, -0.05) is 13.8 Å². The third-order valence-electron chi connectivity index (χ3n) is 3.79. The molecular formula is C13H26N2O. The molecule has 0 radical (unpaired) electrons. The number of rotatable bonds is 3. The van der Waals surface area contributed by atoms with Gasteiger partial charge in [-0.15, -0.1) is 0 Å². The molecule has 1 fully saturated rings. The van der Waals surface area contributed by atoms with E-state index in [-0.39, 0.29) is 6.03 Å². The van der Waals surface area contributed by atoms with Crippen LogP contribution in [0.25, 0.3) is 0 Å². The Morgan fingerprint density at radius 2 is 1.75 bits per heavy atom. The number of urea groups is 1. The van der Waals surface area contributed by atoms with E-state index in [4.69, 9.17) is 0 Å². The quantitative estimate of drug-likeness (QED) is 0.726. The van der Waals surface area contributed by atoms with Crippen LogP contribution >= 0.6 is 0 Å². The molecule has 3 heteroatoms. The van der Waals surface area contributed by atoms with Gasteiger partial charge in [0.1, 0.15) is 0 Å². The summed E-state index contributed by atoms with van der Waals surface area (Å²) >= 11 is 0. The highest BCUT2D eigenvalue weighted by Crippen LogP contribution is 2.24. The summed E-state index contributed by atoms with van der Waals surface area (Å²) in [6.07, 6.45) is 2.34. The summed E-state index contributed by atoms with van der Waals surface area (Å²) in [5, 5.41) is 0. The minimum Gasteiger partial charge on any atom is -0.325 e. The van der Waals surface area contributed by atoms with Gasteiger partial charge < -0.3 is 9.80 Å². The molecule has 2 amide bonds. The monoisotopic (exact) mass is 226 g/mol. The van der Waals surface area contributed by atoms with E-state index in [9.17, 15) is 4.79 Å². The van der Waals surface area contributed by atoms with Crippen LogP contribution in [-0.4, -0.2) is 42.0 Å². The Bertz CT molecular complexity index is 216. The second-order valence-electron chi connectivity index (χ2n) is 5.02. The molecule has 0 bridgehead atoms. The molecule has 1 aliphatic rings. The number of nitrogens with zero attached hydrogens (tertiary/aromatic N) is 2. The number of likely N-dealkylation sites (tertiary alicyclic amines) is 1. The lowest BCUT2D eigenvalue weighted by Gasteiger charge is -2.36. The SMILES string of the molecule is CCN(CC)C(=O)N1CCC(C(C)C)CC1. The summed E-state index contributed by atoms with van der Waals surface area (Å²) < 4.78 is 0. The molecule has 16 heavy (non-hydrogen) atoms. The first-order chi connectivity index (χ1) is 7.60. The Morgan fingerprint density at radius 1 is 1.25 bits per heavy atom. The minimum atomic E-state index is 0.229. The molecule has 1 rings (SSSR count). The molecular weight excluding hydrogens is 200 g/mol. The number of piperidine rings is 1. The van der Waals surface area contributed by atoms with Gasteiger partial charge in [-0.25, -0.2) is 4.79 Å². The van der Waals surface area contributed by atoms with Gasteiger partial charge in [0.25, 0.3) is 0 Å². The average molecular weight is 226 g/mol. The largest absolute Gasteiger partial charge is 0.325 e. The standard InChI is InChI=1S/C13H26N2O/c1-5-14(6-2)13(16)15-9-7-12(8-10-15)11(3)4/h11-12H,5-10H2,1-4H3. The average Bonchev–Trinajstić information content (AvgIpc) is 2.30. The Balaban J connectivity index is 2.44. The van der Waals surface area contributed by atoms with E-state index in [0.29, 0.717) is 0 Å². The first kappa shape index (κ1) is 13.3. The highest BCUT2D eigenvalue weighted by atomic mass is 16.2. The van der Waals surface area contributed by atoms with Gasteiger partial charge in [-0.2, -0.15) is 0 Å². The van der Waals surface area contributed by atoms with Crippen molar-refractivity contribution in [3.05, 3.63) is 0 Å². The van der Waals surface area contributed by atoms with Crippen molar-refractivity contribution in [2.45, 2.75) is 40.5 Å². The Morgan fingerprint density at radius 3 is 2.12 bits per heavy atom. The normalized spacial score (nSPS) is 17.9. The van der Waals surface area contributed by atoms with Gasteiger partial charge in [-0.05, 0) is 38.5 Å². The van der Waals surface area contributed by atoms with Gasteiger partial charge >= 0.3 is 6.03 Å². The zero-order valence-corrected chi connectivity index (χ0v) is 11.2. The smallest absolute Gasteiger partial charge is 0.319 e. The molecule has 94 valence electrons. The van der Waals surface area contributed by atoms with Gasteiger partial charge in [0.2, 0.25) is 0 Å². The highest BCUT2D eigenvalue weighted by Gasteiger charge is 2.26. The molecule has 0 aromatic rings. The Hall–Kier alpha value is -0.730. The zero-order chi connectivity index (χ0) is 12.1. The van der Waals surface area contributed by atoms with E-state index in [0.717, 1.165) is 38.0 Å². The third kappa shape index (κ3) is 3.13. The number of carbonyl (C=O) groups is 1.